The molecular weight excluding hydrogens is 749 g/mol. The van der Waals surface area contributed by atoms with E-state index in [2.05, 4.69) is 246 Å². The molecular formula is C60H42N2. The Morgan fingerprint density at radius 1 is 0.387 bits per heavy atom. The highest BCUT2D eigenvalue weighted by Crippen LogP contribution is 2.50. The number of benzene rings is 10. The van der Waals surface area contributed by atoms with Crippen molar-refractivity contribution in [2.45, 2.75) is 12.3 Å². The highest BCUT2D eigenvalue weighted by Gasteiger charge is 2.33. The molecule has 0 fully saturated rings. The average Bonchev–Trinajstić information content (AvgIpc) is 3.70. The molecule has 1 heterocycles. The molecule has 1 unspecified atom stereocenters. The number of nitrogens with zero attached hydrogens (tertiary/aromatic N) is 2. The van der Waals surface area contributed by atoms with Crippen LogP contribution in [0.3, 0.4) is 0 Å². The predicted octanol–water partition coefficient (Wildman–Crippen LogP) is 16.1. The van der Waals surface area contributed by atoms with Crippen LogP contribution in [0.4, 0.5) is 17.1 Å². The van der Waals surface area contributed by atoms with Gasteiger partial charge in [-0.15, -0.1) is 0 Å². The molecule has 0 N–H and O–H groups in total. The van der Waals surface area contributed by atoms with Crippen molar-refractivity contribution >= 4 is 49.5 Å². The van der Waals surface area contributed by atoms with Crippen LogP contribution in [0, 0.1) is 0 Å². The molecule has 1 aliphatic carbocycles. The van der Waals surface area contributed by atoms with Crippen molar-refractivity contribution in [2.75, 3.05) is 4.90 Å². The van der Waals surface area contributed by atoms with Crippen LogP contribution >= 0.6 is 0 Å². The van der Waals surface area contributed by atoms with E-state index in [9.17, 15) is 0 Å². The summed E-state index contributed by atoms with van der Waals surface area (Å²) in [6, 6.07) is 86.8. The smallest absolute Gasteiger partial charge is 0.0582 e. The molecule has 1 atom stereocenters. The van der Waals surface area contributed by atoms with E-state index in [1.165, 1.54) is 88.3 Å². The lowest BCUT2D eigenvalue weighted by Crippen LogP contribution is -2.15. The molecule has 0 aliphatic heterocycles. The number of rotatable bonds is 7. The van der Waals surface area contributed by atoms with Gasteiger partial charge in [-0.05, 0) is 122 Å². The Balaban J connectivity index is 0.964. The molecule has 0 spiro atoms. The second kappa shape index (κ2) is 15.0. The zero-order valence-electron chi connectivity index (χ0n) is 34.2. The van der Waals surface area contributed by atoms with Crippen LogP contribution in [0.5, 0.6) is 0 Å². The van der Waals surface area contributed by atoms with Crippen molar-refractivity contribution in [3.8, 4) is 39.2 Å². The fourth-order valence-corrected chi connectivity index (χ4v) is 10.0. The lowest BCUT2D eigenvalue weighted by Gasteiger charge is -2.30. The zero-order chi connectivity index (χ0) is 41.0. The second-order valence-electron chi connectivity index (χ2n) is 16.5. The van der Waals surface area contributed by atoms with E-state index in [1.54, 1.807) is 0 Å². The summed E-state index contributed by atoms with van der Waals surface area (Å²) in [5.41, 5.74) is 17.4. The van der Waals surface area contributed by atoms with Gasteiger partial charge in [0.2, 0.25) is 0 Å². The number of anilines is 3. The van der Waals surface area contributed by atoms with Crippen LogP contribution in [0.1, 0.15) is 22.6 Å². The van der Waals surface area contributed by atoms with Gasteiger partial charge in [0.25, 0.3) is 0 Å². The maximum Gasteiger partial charge on any atom is 0.0582 e. The van der Waals surface area contributed by atoms with Crippen molar-refractivity contribution in [3.63, 3.8) is 0 Å². The number of hydrogen-bond acceptors (Lipinski definition) is 1. The van der Waals surface area contributed by atoms with Crippen molar-refractivity contribution in [1.29, 1.82) is 0 Å². The minimum atomic E-state index is 0.160. The Kier molecular flexibility index (Phi) is 8.67. The van der Waals surface area contributed by atoms with E-state index in [1.807, 2.05) is 0 Å². The molecule has 11 aromatic rings. The number of para-hydroxylation sites is 2. The van der Waals surface area contributed by atoms with Gasteiger partial charge in [0.15, 0.2) is 0 Å². The molecule has 10 aromatic carbocycles. The standard InChI is InChI=1S/C60H42N2/c1-2-20-49(21-3-1)62-58-27-11-10-25-56(58)59-57(40-48-17-7-9-24-55(48)60(59)62)47-19-12-22-51(39-47)61(52-37-34-41-14-4-5-16-46(41)38-52)50-35-32-43(33-36-50)42-28-30-45(31-29-42)54-26-13-18-44-15-6-8-23-53(44)54/h1-39,57H,40H2. The molecule has 0 saturated heterocycles. The highest BCUT2D eigenvalue weighted by molar-refractivity contribution is 5.98. The van der Waals surface area contributed by atoms with Gasteiger partial charge in [-0.1, -0.05) is 182 Å². The van der Waals surface area contributed by atoms with Gasteiger partial charge in [0.1, 0.15) is 0 Å². The lowest BCUT2D eigenvalue weighted by molar-refractivity contribution is 0.795. The van der Waals surface area contributed by atoms with E-state index in [0.717, 1.165) is 23.5 Å². The summed E-state index contributed by atoms with van der Waals surface area (Å²) in [5.74, 6) is 0.160. The molecule has 0 radical (unpaired) electrons. The molecule has 0 bridgehead atoms. The zero-order valence-corrected chi connectivity index (χ0v) is 34.2. The van der Waals surface area contributed by atoms with Gasteiger partial charge in [-0.25, -0.2) is 0 Å². The van der Waals surface area contributed by atoms with E-state index in [4.69, 9.17) is 0 Å². The quantitative estimate of drug-likeness (QED) is 0.156. The molecule has 292 valence electrons. The Labute approximate surface area is 362 Å². The Morgan fingerprint density at radius 3 is 1.82 bits per heavy atom. The van der Waals surface area contributed by atoms with Crippen LogP contribution in [0.25, 0.3) is 71.6 Å². The SMILES string of the molecule is c1ccc(-n2c3c(c4ccccc42)C(c2cccc(N(c4ccc(-c5ccc(-c6cccc7ccccc67)cc5)cc4)c4ccc5ccccc5c4)c2)Cc2ccccc2-3)cc1. The number of hydrogen-bond donors (Lipinski definition) is 0. The third-order valence-corrected chi connectivity index (χ3v) is 12.9. The van der Waals surface area contributed by atoms with Crippen molar-refractivity contribution < 1.29 is 0 Å². The third-order valence-electron chi connectivity index (χ3n) is 12.9. The molecule has 2 nitrogen and oxygen atoms in total. The summed E-state index contributed by atoms with van der Waals surface area (Å²) in [6.07, 6.45) is 0.930. The summed E-state index contributed by atoms with van der Waals surface area (Å²) in [6.45, 7) is 0. The Morgan fingerprint density at radius 2 is 0.984 bits per heavy atom. The molecule has 62 heavy (non-hydrogen) atoms. The molecule has 0 amide bonds. The maximum absolute atomic E-state index is 2.49. The van der Waals surface area contributed by atoms with Crippen molar-refractivity contribution in [3.05, 3.63) is 253 Å². The molecule has 12 rings (SSSR count). The van der Waals surface area contributed by atoms with Gasteiger partial charge in [-0.2, -0.15) is 0 Å². The van der Waals surface area contributed by atoms with Crippen molar-refractivity contribution in [1.82, 2.24) is 4.57 Å². The third kappa shape index (κ3) is 6.11. The largest absolute Gasteiger partial charge is 0.310 e. The lowest BCUT2D eigenvalue weighted by atomic mass is 9.77. The molecule has 2 heteroatoms. The maximum atomic E-state index is 2.49. The fourth-order valence-electron chi connectivity index (χ4n) is 10.0. The van der Waals surface area contributed by atoms with Gasteiger partial charge in [0, 0.05) is 39.6 Å². The molecule has 0 saturated carbocycles. The van der Waals surface area contributed by atoms with E-state index >= 15 is 0 Å². The number of fused-ring (bicyclic) bond motifs is 7. The van der Waals surface area contributed by atoms with Gasteiger partial charge in [-0.3, -0.25) is 0 Å². The summed E-state index contributed by atoms with van der Waals surface area (Å²) in [7, 11) is 0. The first kappa shape index (κ1) is 36.0. The minimum Gasteiger partial charge on any atom is -0.310 e. The summed E-state index contributed by atoms with van der Waals surface area (Å²) in [4.78, 5) is 2.42. The highest BCUT2D eigenvalue weighted by atomic mass is 15.1. The number of aromatic nitrogens is 1. The Bertz CT molecular complexity index is 3430. The Hall–Kier alpha value is -7.94. The van der Waals surface area contributed by atoms with Crippen LogP contribution in [0.15, 0.2) is 237 Å². The van der Waals surface area contributed by atoms with Gasteiger partial charge >= 0.3 is 0 Å². The topological polar surface area (TPSA) is 8.17 Å². The van der Waals surface area contributed by atoms with E-state index in [-0.39, 0.29) is 5.92 Å². The summed E-state index contributed by atoms with van der Waals surface area (Å²) in [5, 5.41) is 6.29. The first-order valence-electron chi connectivity index (χ1n) is 21.6. The minimum absolute atomic E-state index is 0.160. The first-order valence-corrected chi connectivity index (χ1v) is 21.6. The van der Waals surface area contributed by atoms with Crippen LogP contribution in [-0.2, 0) is 6.42 Å². The van der Waals surface area contributed by atoms with Crippen LogP contribution < -0.4 is 4.90 Å². The van der Waals surface area contributed by atoms with Crippen LogP contribution in [-0.4, -0.2) is 4.57 Å². The van der Waals surface area contributed by atoms with Gasteiger partial charge < -0.3 is 9.47 Å². The van der Waals surface area contributed by atoms with Gasteiger partial charge in [0.05, 0.1) is 11.2 Å². The summed E-state index contributed by atoms with van der Waals surface area (Å²) >= 11 is 0. The fraction of sp³-hybridized carbons (Fsp3) is 0.0333. The van der Waals surface area contributed by atoms with E-state index in [0.29, 0.717) is 0 Å². The van der Waals surface area contributed by atoms with Crippen LogP contribution in [0.2, 0.25) is 0 Å². The monoisotopic (exact) mass is 790 g/mol. The second-order valence-corrected chi connectivity index (χ2v) is 16.5. The normalized spacial score (nSPS) is 13.3. The molecule has 1 aliphatic rings. The average molecular weight is 791 g/mol. The first-order chi connectivity index (χ1) is 30.7. The van der Waals surface area contributed by atoms with Crippen molar-refractivity contribution in [2.24, 2.45) is 0 Å². The molecule has 1 aromatic heterocycles. The predicted molar refractivity (Wildman–Crippen MR) is 261 cm³/mol. The van der Waals surface area contributed by atoms with E-state index < -0.39 is 0 Å². The summed E-state index contributed by atoms with van der Waals surface area (Å²) < 4.78 is 2.49.